The highest BCUT2D eigenvalue weighted by molar-refractivity contribution is 5.02. The molecule has 0 aromatic rings. The molecule has 3 nitrogen and oxygen atoms in total. The summed E-state index contributed by atoms with van der Waals surface area (Å²) in [6, 6.07) is 0. The molecule has 1 aliphatic carbocycles. The maximum absolute atomic E-state index is 9.80. The number of unbranched alkanes of at least 4 members (excludes halogenated alkanes) is 1. The maximum Gasteiger partial charge on any atom is 0.0628 e. The minimum Gasteiger partial charge on any atom is -0.394 e. The number of likely N-dealkylation sites (N-methyl/N-ethyl adjacent to an activating group) is 2. The average molecular weight is 242 g/mol. The zero-order chi connectivity index (χ0) is 12.7. The van der Waals surface area contributed by atoms with Gasteiger partial charge in [0.1, 0.15) is 0 Å². The summed E-state index contributed by atoms with van der Waals surface area (Å²) in [5.41, 5.74) is -0.0432. The number of hydrogen-bond donors (Lipinski definition) is 2. The van der Waals surface area contributed by atoms with Gasteiger partial charge in [-0.15, -0.1) is 0 Å². The van der Waals surface area contributed by atoms with E-state index in [-0.39, 0.29) is 12.1 Å². The molecule has 17 heavy (non-hydrogen) atoms. The zero-order valence-corrected chi connectivity index (χ0v) is 11.8. The van der Waals surface area contributed by atoms with Crippen molar-refractivity contribution in [1.82, 2.24) is 10.2 Å². The van der Waals surface area contributed by atoms with E-state index in [0.717, 1.165) is 26.2 Å². The number of hydrogen-bond acceptors (Lipinski definition) is 3. The number of nitrogens with one attached hydrogen (secondary N) is 1. The summed E-state index contributed by atoms with van der Waals surface area (Å²) >= 11 is 0. The third-order valence-electron chi connectivity index (χ3n) is 3.95. The van der Waals surface area contributed by atoms with E-state index in [2.05, 4.69) is 31.0 Å². The lowest BCUT2D eigenvalue weighted by Crippen LogP contribution is -2.58. The minimum atomic E-state index is -0.0432. The Morgan fingerprint density at radius 3 is 2.41 bits per heavy atom. The van der Waals surface area contributed by atoms with Crippen molar-refractivity contribution >= 4 is 0 Å². The first-order valence-corrected chi connectivity index (χ1v) is 7.30. The van der Waals surface area contributed by atoms with E-state index < -0.39 is 0 Å². The van der Waals surface area contributed by atoms with Crippen LogP contribution in [0.1, 0.15) is 46.5 Å². The van der Waals surface area contributed by atoms with Crippen molar-refractivity contribution in [3.63, 3.8) is 0 Å². The second-order valence-corrected chi connectivity index (χ2v) is 5.34. The largest absolute Gasteiger partial charge is 0.394 e. The lowest BCUT2D eigenvalue weighted by Gasteiger charge is -2.38. The Morgan fingerprint density at radius 2 is 2.00 bits per heavy atom. The summed E-state index contributed by atoms with van der Waals surface area (Å²) in [6.45, 7) is 11.0. The summed E-state index contributed by atoms with van der Waals surface area (Å²) in [5.74, 6) is 0.683. The molecule has 1 unspecified atom stereocenters. The van der Waals surface area contributed by atoms with Crippen LogP contribution in [-0.2, 0) is 0 Å². The Labute approximate surface area is 107 Å². The van der Waals surface area contributed by atoms with E-state index in [4.69, 9.17) is 0 Å². The van der Waals surface area contributed by atoms with Gasteiger partial charge in [-0.05, 0) is 44.8 Å². The molecule has 0 bridgehead atoms. The second kappa shape index (κ2) is 7.34. The molecule has 3 heteroatoms. The molecule has 0 aliphatic heterocycles. The molecule has 0 aromatic heterocycles. The summed E-state index contributed by atoms with van der Waals surface area (Å²) in [6.07, 6.45) is 5.05. The maximum atomic E-state index is 9.80. The molecule has 0 amide bonds. The normalized spacial score (nSPS) is 19.6. The quantitative estimate of drug-likeness (QED) is 0.614. The molecule has 0 radical (unpaired) electrons. The fourth-order valence-electron chi connectivity index (χ4n) is 2.68. The van der Waals surface area contributed by atoms with Gasteiger partial charge >= 0.3 is 0 Å². The molecule has 0 aromatic carbocycles. The molecule has 1 fully saturated rings. The number of rotatable bonds is 10. The Hall–Kier alpha value is -0.120. The molecule has 1 saturated carbocycles. The Bertz CT molecular complexity index is 206. The highest BCUT2D eigenvalue weighted by atomic mass is 16.3. The van der Waals surface area contributed by atoms with Crippen molar-refractivity contribution in [2.75, 3.05) is 32.8 Å². The van der Waals surface area contributed by atoms with Gasteiger partial charge in [-0.3, -0.25) is 0 Å². The van der Waals surface area contributed by atoms with Crippen LogP contribution in [0.2, 0.25) is 0 Å². The topological polar surface area (TPSA) is 35.5 Å². The summed E-state index contributed by atoms with van der Waals surface area (Å²) < 4.78 is 0. The van der Waals surface area contributed by atoms with E-state index in [0.29, 0.717) is 5.92 Å². The predicted molar refractivity (Wildman–Crippen MR) is 73.2 cm³/mol. The summed E-state index contributed by atoms with van der Waals surface area (Å²) in [4.78, 5) is 2.49. The van der Waals surface area contributed by atoms with Crippen molar-refractivity contribution in [2.24, 2.45) is 5.92 Å². The molecular weight excluding hydrogens is 212 g/mol. The monoisotopic (exact) mass is 242 g/mol. The minimum absolute atomic E-state index is 0.0432. The summed E-state index contributed by atoms with van der Waals surface area (Å²) in [5, 5.41) is 13.4. The van der Waals surface area contributed by atoms with Gasteiger partial charge in [-0.1, -0.05) is 27.2 Å². The van der Waals surface area contributed by atoms with E-state index in [1.807, 2.05) is 0 Å². The van der Waals surface area contributed by atoms with Gasteiger partial charge in [0.2, 0.25) is 0 Å². The highest BCUT2D eigenvalue weighted by Crippen LogP contribution is 2.40. The molecule has 1 atom stereocenters. The van der Waals surface area contributed by atoms with Crippen LogP contribution in [0.15, 0.2) is 0 Å². The van der Waals surface area contributed by atoms with Crippen LogP contribution in [0, 0.1) is 5.92 Å². The van der Waals surface area contributed by atoms with E-state index in [1.165, 1.54) is 25.7 Å². The smallest absolute Gasteiger partial charge is 0.0628 e. The fraction of sp³-hybridized carbons (Fsp3) is 1.00. The number of nitrogens with zero attached hydrogens (tertiary/aromatic N) is 1. The fourth-order valence-corrected chi connectivity index (χ4v) is 2.68. The van der Waals surface area contributed by atoms with E-state index >= 15 is 0 Å². The average Bonchev–Trinajstić information content (AvgIpc) is 3.17. The van der Waals surface area contributed by atoms with Crippen LogP contribution < -0.4 is 5.32 Å². The van der Waals surface area contributed by atoms with Crippen LogP contribution in [0.4, 0.5) is 0 Å². The molecule has 2 N–H and O–H groups in total. The van der Waals surface area contributed by atoms with Gasteiger partial charge in [0.15, 0.2) is 0 Å². The first kappa shape index (κ1) is 14.9. The van der Waals surface area contributed by atoms with Gasteiger partial charge in [0, 0.05) is 6.54 Å². The van der Waals surface area contributed by atoms with Gasteiger partial charge < -0.3 is 15.3 Å². The van der Waals surface area contributed by atoms with Crippen LogP contribution in [0.25, 0.3) is 0 Å². The molecular formula is C14H30N2O. The van der Waals surface area contributed by atoms with Gasteiger partial charge in [0.05, 0.1) is 12.1 Å². The van der Waals surface area contributed by atoms with Crippen LogP contribution in [0.3, 0.4) is 0 Å². The van der Waals surface area contributed by atoms with Crippen LogP contribution in [-0.4, -0.2) is 48.3 Å². The Morgan fingerprint density at radius 1 is 1.29 bits per heavy atom. The zero-order valence-electron chi connectivity index (χ0n) is 11.8. The van der Waals surface area contributed by atoms with Crippen molar-refractivity contribution < 1.29 is 5.11 Å². The first-order chi connectivity index (χ1) is 8.22. The van der Waals surface area contributed by atoms with Gasteiger partial charge in [-0.25, -0.2) is 0 Å². The van der Waals surface area contributed by atoms with Crippen LogP contribution >= 0.6 is 0 Å². The lowest BCUT2D eigenvalue weighted by molar-refractivity contribution is 0.0933. The third-order valence-corrected chi connectivity index (χ3v) is 3.95. The van der Waals surface area contributed by atoms with Crippen molar-refractivity contribution in [3.8, 4) is 0 Å². The highest BCUT2D eigenvalue weighted by Gasteiger charge is 2.44. The molecule has 1 aliphatic rings. The SMILES string of the molecule is CCCCN(CC)CC(CO)(NCC)C1CC1. The lowest BCUT2D eigenvalue weighted by atomic mass is 9.93. The first-order valence-electron chi connectivity index (χ1n) is 7.30. The van der Waals surface area contributed by atoms with Crippen LogP contribution in [0.5, 0.6) is 0 Å². The second-order valence-electron chi connectivity index (χ2n) is 5.34. The molecule has 0 spiro atoms. The van der Waals surface area contributed by atoms with Gasteiger partial charge in [-0.2, -0.15) is 0 Å². The number of aliphatic hydroxyl groups is 1. The molecule has 0 heterocycles. The van der Waals surface area contributed by atoms with Gasteiger partial charge in [0.25, 0.3) is 0 Å². The van der Waals surface area contributed by atoms with E-state index in [1.54, 1.807) is 0 Å². The third kappa shape index (κ3) is 4.23. The number of aliphatic hydroxyl groups excluding tert-OH is 1. The predicted octanol–water partition coefficient (Wildman–Crippen LogP) is 1.86. The molecule has 1 rings (SSSR count). The molecule has 102 valence electrons. The van der Waals surface area contributed by atoms with Crippen molar-refractivity contribution in [2.45, 2.75) is 52.0 Å². The van der Waals surface area contributed by atoms with E-state index in [9.17, 15) is 5.11 Å². The van der Waals surface area contributed by atoms with Crippen molar-refractivity contribution in [1.29, 1.82) is 0 Å². The summed E-state index contributed by atoms with van der Waals surface area (Å²) in [7, 11) is 0. The standard InChI is InChI=1S/C14H30N2O/c1-4-7-10-16(6-3)11-14(12-17,15-5-2)13-8-9-13/h13,15,17H,4-12H2,1-3H3. The molecule has 0 saturated heterocycles. The Balaban J connectivity index is 2.56. The van der Waals surface area contributed by atoms with Crippen molar-refractivity contribution in [3.05, 3.63) is 0 Å². The Kier molecular flexibility index (Phi) is 6.45.